The van der Waals surface area contributed by atoms with E-state index in [4.69, 9.17) is 4.74 Å². The lowest BCUT2D eigenvalue weighted by atomic mass is 10.0. The van der Waals surface area contributed by atoms with E-state index in [1.807, 2.05) is 4.90 Å². The predicted octanol–water partition coefficient (Wildman–Crippen LogP) is 2.06. The zero-order chi connectivity index (χ0) is 21.8. The quantitative estimate of drug-likeness (QED) is 0.733. The molecule has 0 saturated carbocycles. The third-order valence-electron chi connectivity index (χ3n) is 5.65. The zero-order valence-electron chi connectivity index (χ0n) is 17.2. The van der Waals surface area contributed by atoms with Crippen molar-refractivity contribution in [1.29, 1.82) is 0 Å². The lowest BCUT2D eigenvalue weighted by Crippen LogP contribution is -2.46. The highest BCUT2D eigenvalue weighted by Crippen LogP contribution is 2.26. The molecule has 2 aromatic carbocycles. The number of rotatable bonds is 6. The van der Waals surface area contributed by atoms with Crippen LogP contribution in [-0.4, -0.2) is 57.8 Å². The molecule has 1 N–H and O–H groups in total. The van der Waals surface area contributed by atoms with E-state index in [1.54, 1.807) is 42.5 Å². The molecule has 4 rings (SSSR count). The van der Waals surface area contributed by atoms with Gasteiger partial charge in [0.2, 0.25) is 15.9 Å². The second-order valence-corrected chi connectivity index (χ2v) is 9.71. The molecule has 0 spiro atoms. The van der Waals surface area contributed by atoms with Gasteiger partial charge in [-0.1, -0.05) is 30.3 Å². The van der Waals surface area contributed by atoms with Crippen LogP contribution in [0.25, 0.3) is 0 Å². The Morgan fingerprint density at radius 2 is 1.77 bits per heavy atom. The van der Waals surface area contributed by atoms with Gasteiger partial charge in [0.05, 0.1) is 24.7 Å². The number of carbonyl (C=O) groups excluding carboxylic acids is 1. The summed E-state index contributed by atoms with van der Waals surface area (Å²) in [5.74, 6) is -0.521. The highest BCUT2D eigenvalue weighted by atomic mass is 32.2. The van der Waals surface area contributed by atoms with Crippen molar-refractivity contribution in [2.75, 3.05) is 42.9 Å². The first kappa shape index (κ1) is 21.7. The summed E-state index contributed by atoms with van der Waals surface area (Å²) in [4.78, 5) is 15.0. The smallest absolute Gasteiger partial charge is 0.242 e. The fraction of sp³-hybridized carbons (Fsp3) is 0.409. The van der Waals surface area contributed by atoms with Crippen molar-refractivity contribution in [2.45, 2.75) is 19.0 Å². The van der Waals surface area contributed by atoms with Crippen LogP contribution in [0.2, 0.25) is 0 Å². The zero-order valence-corrected chi connectivity index (χ0v) is 18.0. The van der Waals surface area contributed by atoms with E-state index in [0.717, 1.165) is 5.56 Å². The highest BCUT2D eigenvalue weighted by Gasteiger charge is 2.31. The van der Waals surface area contributed by atoms with Crippen molar-refractivity contribution in [3.8, 4) is 0 Å². The number of hydrogen-bond acceptors (Lipinski definition) is 5. The summed E-state index contributed by atoms with van der Waals surface area (Å²) in [5, 5.41) is 2.91. The van der Waals surface area contributed by atoms with E-state index in [2.05, 4.69) is 5.32 Å². The summed E-state index contributed by atoms with van der Waals surface area (Å²) in [6, 6.07) is 12.7. The summed E-state index contributed by atoms with van der Waals surface area (Å²) >= 11 is 0. The molecule has 31 heavy (non-hydrogen) atoms. The highest BCUT2D eigenvalue weighted by molar-refractivity contribution is 7.93. The maximum atomic E-state index is 14.5. The van der Waals surface area contributed by atoms with Crippen LogP contribution in [0.3, 0.4) is 0 Å². The Hall–Kier alpha value is -2.49. The lowest BCUT2D eigenvalue weighted by Gasteiger charge is -2.34. The van der Waals surface area contributed by atoms with Crippen LogP contribution in [0.1, 0.15) is 23.6 Å². The van der Waals surface area contributed by atoms with Crippen LogP contribution in [0.15, 0.2) is 48.5 Å². The minimum absolute atomic E-state index is 0.170. The summed E-state index contributed by atoms with van der Waals surface area (Å²) in [6.45, 7) is 2.85. The maximum absolute atomic E-state index is 14.5. The van der Waals surface area contributed by atoms with Crippen LogP contribution < -0.4 is 9.62 Å². The number of carbonyl (C=O) groups is 1. The molecule has 0 radical (unpaired) electrons. The first-order valence-electron chi connectivity index (χ1n) is 10.4. The number of morpholine rings is 1. The number of hydrogen-bond donors (Lipinski definition) is 1. The van der Waals surface area contributed by atoms with Gasteiger partial charge in [-0.3, -0.25) is 14.0 Å². The second kappa shape index (κ2) is 9.33. The Morgan fingerprint density at radius 3 is 2.42 bits per heavy atom. The largest absolute Gasteiger partial charge is 0.379 e. The van der Waals surface area contributed by atoms with Crippen molar-refractivity contribution in [3.05, 3.63) is 65.5 Å². The summed E-state index contributed by atoms with van der Waals surface area (Å²) < 4.78 is 45.4. The fourth-order valence-electron chi connectivity index (χ4n) is 4.03. The van der Waals surface area contributed by atoms with Gasteiger partial charge < -0.3 is 10.1 Å². The summed E-state index contributed by atoms with van der Waals surface area (Å²) in [5.41, 5.74) is 1.81. The first-order valence-corrected chi connectivity index (χ1v) is 12.0. The lowest BCUT2D eigenvalue weighted by molar-refractivity contribution is -0.128. The third-order valence-corrected chi connectivity index (χ3v) is 7.52. The average molecular weight is 448 g/mol. The molecule has 2 fully saturated rings. The molecule has 2 saturated heterocycles. The first-order chi connectivity index (χ1) is 15.0. The van der Waals surface area contributed by atoms with E-state index < -0.39 is 21.9 Å². The van der Waals surface area contributed by atoms with E-state index in [1.165, 1.54) is 10.4 Å². The number of sulfonamides is 1. The molecule has 1 amide bonds. The molecule has 1 atom stereocenters. The number of benzene rings is 2. The SMILES string of the molecule is O=C(NCc1ccc(N2CCCS2(=O)=O)cc1)C(c1ccccc1F)N1CCOCC1. The van der Waals surface area contributed by atoms with Gasteiger partial charge in [0.25, 0.3) is 0 Å². The van der Waals surface area contributed by atoms with Gasteiger partial charge in [0.1, 0.15) is 11.9 Å². The molecule has 1 unspecified atom stereocenters. The Balaban J connectivity index is 1.46. The summed E-state index contributed by atoms with van der Waals surface area (Å²) in [6.07, 6.45) is 0.624. The monoisotopic (exact) mass is 447 g/mol. The molecular weight excluding hydrogens is 421 g/mol. The van der Waals surface area contributed by atoms with Gasteiger partial charge in [0.15, 0.2) is 0 Å². The van der Waals surface area contributed by atoms with E-state index in [9.17, 15) is 17.6 Å². The normalized spacial score (nSPS) is 19.8. The van der Waals surface area contributed by atoms with E-state index >= 15 is 0 Å². The van der Waals surface area contributed by atoms with E-state index in [-0.39, 0.29) is 18.2 Å². The standard InChI is InChI=1S/C22H26FN3O4S/c23-20-5-2-1-4-19(20)21(25-11-13-30-14-12-25)22(27)24-16-17-6-8-18(9-7-17)26-10-3-15-31(26,28)29/h1-2,4-9,21H,3,10-16H2,(H,24,27). The molecule has 7 nitrogen and oxygen atoms in total. The molecule has 0 bridgehead atoms. The third kappa shape index (κ3) is 4.89. The predicted molar refractivity (Wildman–Crippen MR) is 116 cm³/mol. The Labute approximate surface area is 181 Å². The van der Waals surface area contributed by atoms with Crippen LogP contribution in [-0.2, 0) is 26.1 Å². The summed E-state index contributed by atoms with van der Waals surface area (Å²) in [7, 11) is -3.22. The van der Waals surface area contributed by atoms with Crippen LogP contribution in [0.4, 0.5) is 10.1 Å². The molecule has 2 aliphatic heterocycles. The Bertz CT molecular complexity index is 1020. The number of nitrogens with zero attached hydrogens (tertiary/aromatic N) is 2. The van der Waals surface area contributed by atoms with Crippen LogP contribution in [0, 0.1) is 5.82 Å². The van der Waals surface area contributed by atoms with E-state index in [0.29, 0.717) is 50.5 Å². The number of ether oxygens (including phenoxy) is 1. The maximum Gasteiger partial charge on any atom is 0.242 e. The van der Waals surface area contributed by atoms with Gasteiger partial charge >= 0.3 is 0 Å². The van der Waals surface area contributed by atoms with Gasteiger partial charge in [-0.15, -0.1) is 0 Å². The number of halogens is 1. The van der Waals surface area contributed by atoms with Gasteiger partial charge in [-0.25, -0.2) is 12.8 Å². The second-order valence-electron chi connectivity index (χ2n) is 7.70. The van der Waals surface area contributed by atoms with Crippen LogP contribution in [0.5, 0.6) is 0 Å². The average Bonchev–Trinajstić information content (AvgIpc) is 3.14. The number of nitrogens with one attached hydrogen (secondary N) is 1. The molecule has 2 aliphatic rings. The van der Waals surface area contributed by atoms with Crippen molar-refractivity contribution < 1.29 is 22.3 Å². The Kier molecular flexibility index (Phi) is 6.54. The van der Waals surface area contributed by atoms with Gasteiger partial charge in [0, 0.05) is 31.7 Å². The minimum atomic E-state index is -3.22. The Morgan fingerprint density at radius 1 is 1.06 bits per heavy atom. The molecule has 9 heteroatoms. The van der Waals surface area contributed by atoms with Crippen molar-refractivity contribution in [2.24, 2.45) is 0 Å². The molecule has 166 valence electrons. The fourth-order valence-corrected chi connectivity index (χ4v) is 5.60. The van der Waals surface area contributed by atoms with Crippen LogP contribution >= 0.6 is 0 Å². The van der Waals surface area contributed by atoms with Crippen molar-refractivity contribution in [3.63, 3.8) is 0 Å². The number of amides is 1. The molecular formula is C22H26FN3O4S. The molecule has 0 aromatic heterocycles. The topological polar surface area (TPSA) is 79.0 Å². The van der Waals surface area contributed by atoms with Crippen molar-refractivity contribution in [1.82, 2.24) is 10.2 Å². The molecule has 2 aromatic rings. The van der Waals surface area contributed by atoms with Gasteiger partial charge in [-0.2, -0.15) is 0 Å². The minimum Gasteiger partial charge on any atom is -0.379 e. The van der Waals surface area contributed by atoms with Gasteiger partial charge in [-0.05, 0) is 30.2 Å². The van der Waals surface area contributed by atoms with Crippen molar-refractivity contribution >= 4 is 21.6 Å². The molecule has 0 aliphatic carbocycles. The number of anilines is 1. The molecule has 2 heterocycles.